The Hall–Kier alpha value is -1.83. The third-order valence-electron chi connectivity index (χ3n) is 3.71. The summed E-state index contributed by atoms with van der Waals surface area (Å²) < 4.78 is 5.36. The SMILES string of the molecule is CNCC(Nc1ccc(Cl)cc1)c1nc(N2CCOCC2)n[nH]1. The van der Waals surface area contributed by atoms with Gasteiger partial charge in [-0.2, -0.15) is 4.98 Å². The van der Waals surface area contributed by atoms with E-state index in [2.05, 4.69) is 30.7 Å². The number of aromatic nitrogens is 3. The molecule has 0 bridgehead atoms. The van der Waals surface area contributed by atoms with Crippen LogP contribution >= 0.6 is 11.6 Å². The largest absolute Gasteiger partial charge is 0.378 e. The van der Waals surface area contributed by atoms with Gasteiger partial charge in [-0.05, 0) is 31.3 Å². The number of H-pyrrole nitrogens is 1. The summed E-state index contributed by atoms with van der Waals surface area (Å²) in [7, 11) is 1.91. The van der Waals surface area contributed by atoms with Crippen LogP contribution in [0.3, 0.4) is 0 Å². The van der Waals surface area contributed by atoms with Gasteiger partial charge in [0.1, 0.15) is 5.82 Å². The Morgan fingerprint density at radius 3 is 2.74 bits per heavy atom. The minimum Gasteiger partial charge on any atom is -0.378 e. The van der Waals surface area contributed by atoms with Crippen LogP contribution in [0.2, 0.25) is 5.02 Å². The average Bonchev–Trinajstić information content (AvgIpc) is 3.07. The molecule has 2 heterocycles. The first-order valence-corrected chi connectivity index (χ1v) is 8.06. The average molecular weight is 337 g/mol. The first-order chi connectivity index (χ1) is 11.3. The van der Waals surface area contributed by atoms with Crippen molar-refractivity contribution in [3.05, 3.63) is 35.1 Å². The number of likely N-dealkylation sites (N-methyl/N-ethyl adjacent to an activating group) is 1. The van der Waals surface area contributed by atoms with Gasteiger partial charge in [0.2, 0.25) is 5.95 Å². The monoisotopic (exact) mass is 336 g/mol. The lowest BCUT2D eigenvalue weighted by atomic mass is 10.2. The third-order valence-corrected chi connectivity index (χ3v) is 3.96. The van der Waals surface area contributed by atoms with Crippen molar-refractivity contribution in [2.75, 3.05) is 50.1 Å². The Kier molecular flexibility index (Phi) is 5.32. The highest BCUT2D eigenvalue weighted by Gasteiger charge is 2.20. The summed E-state index contributed by atoms with van der Waals surface area (Å²) in [6, 6.07) is 7.61. The summed E-state index contributed by atoms with van der Waals surface area (Å²) >= 11 is 5.93. The molecule has 0 radical (unpaired) electrons. The van der Waals surface area contributed by atoms with Gasteiger partial charge in [0.25, 0.3) is 0 Å². The van der Waals surface area contributed by atoms with E-state index in [1.54, 1.807) is 0 Å². The zero-order valence-corrected chi connectivity index (χ0v) is 13.8. The Bertz CT molecular complexity index is 611. The zero-order valence-electron chi connectivity index (χ0n) is 13.1. The molecule has 2 aromatic rings. The van der Waals surface area contributed by atoms with Gasteiger partial charge in [0, 0.05) is 30.3 Å². The quantitative estimate of drug-likeness (QED) is 0.745. The molecule has 124 valence electrons. The zero-order chi connectivity index (χ0) is 16.1. The number of aromatic amines is 1. The van der Waals surface area contributed by atoms with Crippen molar-refractivity contribution < 1.29 is 4.74 Å². The Morgan fingerprint density at radius 2 is 2.04 bits per heavy atom. The molecular formula is C15H21ClN6O. The number of nitrogens with one attached hydrogen (secondary N) is 3. The predicted octanol–water partition coefficient (Wildman–Crippen LogP) is 1.67. The summed E-state index contributed by atoms with van der Waals surface area (Å²) in [5.74, 6) is 1.53. The van der Waals surface area contributed by atoms with E-state index < -0.39 is 0 Å². The van der Waals surface area contributed by atoms with Crippen molar-refractivity contribution in [3.63, 3.8) is 0 Å². The molecule has 1 atom stereocenters. The molecule has 23 heavy (non-hydrogen) atoms. The van der Waals surface area contributed by atoms with Gasteiger partial charge in [0.05, 0.1) is 19.3 Å². The minimum atomic E-state index is -0.0107. The van der Waals surface area contributed by atoms with E-state index in [1.165, 1.54) is 0 Å². The summed E-state index contributed by atoms with van der Waals surface area (Å²) in [5, 5.41) is 14.7. The second kappa shape index (κ2) is 7.63. The van der Waals surface area contributed by atoms with Gasteiger partial charge in [-0.3, -0.25) is 5.10 Å². The molecule has 0 saturated carbocycles. The summed E-state index contributed by atoms with van der Waals surface area (Å²) in [6.45, 7) is 3.79. The maximum atomic E-state index is 5.93. The van der Waals surface area contributed by atoms with Gasteiger partial charge in [0.15, 0.2) is 0 Å². The predicted molar refractivity (Wildman–Crippen MR) is 91.2 cm³/mol. The van der Waals surface area contributed by atoms with Crippen LogP contribution in [0.5, 0.6) is 0 Å². The van der Waals surface area contributed by atoms with Gasteiger partial charge in [-0.15, -0.1) is 5.10 Å². The van der Waals surface area contributed by atoms with Crippen LogP contribution in [0.4, 0.5) is 11.6 Å². The maximum absolute atomic E-state index is 5.93. The lowest BCUT2D eigenvalue weighted by molar-refractivity contribution is 0.122. The fraction of sp³-hybridized carbons (Fsp3) is 0.467. The smallest absolute Gasteiger partial charge is 0.244 e. The standard InChI is InChI=1S/C15H21ClN6O/c1-17-10-13(18-12-4-2-11(16)3-5-12)14-19-15(21-20-14)22-6-8-23-9-7-22/h2-5,13,17-18H,6-10H2,1H3,(H,19,20,21). The van der Waals surface area contributed by atoms with E-state index in [9.17, 15) is 0 Å². The molecule has 0 amide bonds. The van der Waals surface area contributed by atoms with Crippen molar-refractivity contribution in [2.45, 2.75) is 6.04 Å². The highest BCUT2D eigenvalue weighted by Crippen LogP contribution is 2.20. The Morgan fingerprint density at radius 1 is 1.30 bits per heavy atom. The van der Waals surface area contributed by atoms with Crippen LogP contribution in [-0.4, -0.2) is 55.1 Å². The number of rotatable bonds is 6. The number of ether oxygens (including phenoxy) is 1. The van der Waals surface area contributed by atoms with E-state index in [4.69, 9.17) is 16.3 Å². The number of morpholine rings is 1. The van der Waals surface area contributed by atoms with Crippen LogP contribution < -0.4 is 15.5 Å². The second-order valence-electron chi connectivity index (χ2n) is 5.38. The van der Waals surface area contributed by atoms with E-state index in [-0.39, 0.29) is 6.04 Å². The molecule has 8 heteroatoms. The molecule has 3 rings (SSSR count). The Labute approximate surface area is 140 Å². The molecule has 1 aliphatic heterocycles. The van der Waals surface area contributed by atoms with Crippen LogP contribution in [0.1, 0.15) is 11.9 Å². The number of nitrogens with zero attached hydrogens (tertiary/aromatic N) is 3. The molecule has 0 spiro atoms. The fourth-order valence-corrected chi connectivity index (χ4v) is 2.62. The van der Waals surface area contributed by atoms with Gasteiger partial charge in [-0.25, -0.2) is 0 Å². The molecule has 1 aromatic carbocycles. The van der Waals surface area contributed by atoms with Crippen molar-refractivity contribution >= 4 is 23.2 Å². The third kappa shape index (κ3) is 4.13. The molecule has 7 nitrogen and oxygen atoms in total. The first kappa shape index (κ1) is 16.0. The van der Waals surface area contributed by atoms with Crippen LogP contribution in [-0.2, 0) is 4.74 Å². The number of benzene rings is 1. The minimum absolute atomic E-state index is 0.0107. The molecule has 3 N–H and O–H groups in total. The van der Waals surface area contributed by atoms with Crippen LogP contribution in [0.15, 0.2) is 24.3 Å². The highest BCUT2D eigenvalue weighted by atomic mass is 35.5. The Balaban J connectivity index is 1.72. The van der Waals surface area contributed by atoms with E-state index >= 15 is 0 Å². The van der Waals surface area contributed by atoms with Gasteiger partial charge in [-0.1, -0.05) is 11.6 Å². The topological polar surface area (TPSA) is 78.1 Å². The molecule has 0 aliphatic carbocycles. The second-order valence-corrected chi connectivity index (χ2v) is 5.82. The number of anilines is 2. The number of hydrogen-bond donors (Lipinski definition) is 3. The van der Waals surface area contributed by atoms with E-state index in [1.807, 2.05) is 31.3 Å². The summed E-state index contributed by atoms with van der Waals surface area (Å²) in [6.07, 6.45) is 0. The molecule has 1 saturated heterocycles. The van der Waals surface area contributed by atoms with E-state index in [0.29, 0.717) is 13.2 Å². The number of hydrogen-bond acceptors (Lipinski definition) is 6. The molecular weight excluding hydrogens is 316 g/mol. The first-order valence-electron chi connectivity index (χ1n) is 7.68. The van der Waals surface area contributed by atoms with Crippen LogP contribution in [0.25, 0.3) is 0 Å². The maximum Gasteiger partial charge on any atom is 0.244 e. The van der Waals surface area contributed by atoms with Crippen molar-refractivity contribution in [1.82, 2.24) is 20.5 Å². The fourth-order valence-electron chi connectivity index (χ4n) is 2.49. The van der Waals surface area contributed by atoms with E-state index in [0.717, 1.165) is 42.1 Å². The molecule has 1 unspecified atom stereocenters. The van der Waals surface area contributed by atoms with Gasteiger partial charge < -0.3 is 20.3 Å². The van der Waals surface area contributed by atoms with Crippen molar-refractivity contribution in [1.29, 1.82) is 0 Å². The van der Waals surface area contributed by atoms with Gasteiger partial charge >= 0.3 is 0 Å². The molecule has 1 aromatic heterocycles. The lowest BCUT2D eigenvalue weighted by Gasteiger charge is -2.25. The van der Waals surface area contributed by atoms with Crippen molar-refractivity contribution in [3.8, 4) is 0 Å². The summed E-state index contributed by atoms with van der Waals surface area (Å²) in [5.41, 5.74) is 0.985. The normalized spacial score (nSPS) is 16.3. The molecule has 1 fully saturated rings. The summed E-state index contributed by atoms with van der Waals surface area (Å²) in [4.78, 5) is 6.77. The van der Waals surface area contributed by atoms with Crippen molar-refractivity contribution in [2.24, 2.45) is 0 Å². The molecule has 1 aliphatic rings. The number of halogens is 1. The van der Waals surface area contributed by atoms with Crippen LogP contribution in [0, 0.1) is 0 Å². The highest BCUT2D eigenvalue weighted by molar-refractivity contribution is 6.30. The lowest BCUT2D eigenvalue weighted by Crippen LogP contribution is -2.37.